The first-order chi connectivity index (χ1) is 17.4. The SMILES string of the molecule is O=C1Nc2ccccc2[C@]12[C@H]([N+](=O)[O-])[C@H](c1cc(Br)ccc1OCc1ccc(Cl)cc1)[C@H]1CCCN12. The summed E-state index contributed by atoms with van der Waals surface area (Å²) in [6, 6.07) is 19.0. The van der Waals surface area contributed by atoms with Crippen molar-refractivity contribution in [2.45, 2.75) is 43.0 Å². The first-order valence-electron chi connectivity index (χ1n) is 11.9. The number of nitrogens with one attached hydrogen (secondary N) is 1. The first-order valence-corrected chi connectivity index (χ1v) is 13.1. The molecule has 7 nitrogen and oxygen atoms in total. The molecule has 9 heteroatoms. The third kappa shape index (κ3) is 3.46. The highest BCUT2D eigenvalue weighted by Gasteiger charge is 2.73. The zero-order valence-electron chi connectivity index (χ0n) is 19.2. The van der Waals surface area contributed by atoms with Crippen LogP contribution in [0.5, 0.6) is 5.75 Å². The van der Waals surface area contributed by atoms with Crippen LogP contribution in [-0.4, -0.2) is 34.4 Å². The van der Waals surface area contributed by atoms with E-state index < -0.39 is 17.5 Å². The van der Waals surface area contributed by atoms with E-state index in [1.165, 1.54) is 0 Å². The molecule has 0 bridgehead atoms. The fourth-order valence-electron chi connectivity index (χ4n) is 6.40. The molecule has 184 valence electrons. The van der Waals surface area contributed by atoms with Gasteiger partial charge >= 0.3 is 0 Å². The minimum Gasteiger partial charge on any atom is -0.489 e. The molecule has 36 heavy (non-hydrogen) atoms. The summed E-state index contributed by atoms with van der Waals surface area (Å²) in [5.74, 6) is -0.267. The number of hydrogen-bond acceptors (Lipinski definition) is 5. The molecule has 0 aromatic heterocycles. The number of ether oxygens (including phenoxy) is 1. The van der Waals surface area contributed by atoms with Crippen molar-refractivity contribution in [1.29, 1.82) is 0 Å². The molecule has 3 aromatic rings. The topological polar surface area (TPSA) is 84.7 Å². The highest BCUT2D eigenvalue weighted by atomic mass is 79.9. The lowest BCUT2D eigenvalue weighted by molar-refractivity contribution is -0.534. The summed E-state index contributed by atoms with van der Waals surface area (Å²) in [6.45, 7) is 0.923. The number of carbonyl (C=O) groups is 1. The zero-order valence-corrected chi connectivity index (χ0v) is 21.5. The molecule has 3 aliphatic heterocycles. The highest BCUT2D eigenvalue weighted by molar-refractivity contribution is 9.10. The van der Waals surface area contributed by atoms with Gasteiger partial charge < -0.3 is 10.1 Å². The molecule has 2 fully saturated rings. The number of nitrogens with zero attached hydrogens (tertiary/aromatic N) is 2. The number of halogens is 2. The molecule has 1 N–H and O–H groups in total. The Labute approximate surface area is 221 Å². The Morgan fingerprint density at radius 3 is 2.72 bits per heavy atom. The number of rotatable bonds is 5. The maximum Gasteiger partial charge on any atom is 0.256 e. The minimum atomic E-state index is -1.36. The van der Waals surface area contributed by atoms with E-state index >= 15 is 0 Å². The number of fused-ring (bicyclic) bond motifs is 4. The van der Waals surface area contributed by atoms with Crippen LogP contribution < -0.4 is 10.1 Å². The van der Waals surface area contributed by atoms with Crippen molar-refractivity contribution in [3.05, 3.63) is 103 Å². The molecule has 2 saturated heterocycles. The summed E-state index contributed by atoms with van der Waals surface area (Å²) in [4.78, 5) is 28.4. The lowest BCUT2D eigenvalue weighted by Crippen LogP contribution is -2.55. The van der Waals surface area contributed by atoms with Gasteiger partial charge in [-0.3, -0.25) is 19.8 Å². The predicted molar refractivity (Wildman–Crippen MR) is 140 cm³/mol. The predicted octanol–water partition coefficient (Wildman–Crippen LogP) is 5.74. The third-order valence-electron chi connectivity index (χ3n) is 7.73. The Balaban J connectivity index is 1.47. The Morgan fingerprint density at radius 2 is 1.94 bits per heavy atom. The number of amides is 1. The number of para-hydroxylation sites is 1. The minimum absolute atomic E-state index is 0.163. The van der Waals surface area contributed by atoms with Crippen LogP contribution in [0.25, 0.3) is 0 Å². The lowest BCUT2D eigenvalue weighted by Gasteiger charge is -2.32. The molecule has 0 unspecified atom stereocenters. The van der Waals surface area contributed by atoms with E-state index in [1.54, 1.807) is 12.1 Å². The van der Waals surface area contributed by atoms with Crippen LogP contribution in [0.15, 0.2) is 71.2 Å². The van der Waals surface area contributed by atoms with Crippen LogP contribution in [0.3, 0.4) is 0 Å². The molecule has 1 spiro atoms. The number of nitro groups is 1. The second-order valence-electron chi connectivity index (χ2n) is 9.52. The normalized spacial score (nSPS) is 26.6. The largest absolute Gasteiger partial charge is 0.489 e. The summed E-state index contributed by atoms with van der Waals surface area (Å²) in [5, 5.41) is 16.5. The average Bonchev–Trinajstić information content (AvgIpc) is 3.52. The van der Waals surface area contributed by atoms with Crippen molar-refractivity contribution < 1.29 is 14.5 Å². The Kier molecular flexibility index (Phi) is 5.78. The fourth-order valence-corrected chi connectivity index (χ4v) is 6.91. The van der Waals surface area contributed by atoms with E-state index in [2.05, 4.69) is 26.1 Å². The van der Waals surface area contributed by atoms with Gasteiger partial charge in [-0.2, -0.15) is 0 Å². The summed E-state index contributed by atoms with van der Waals surface area (Å²) in [6.07, 6.45) is 1.65. The Bertz CT molecular complexity index is 1370. The molecule has 3 aliphatic rings. The average molecular weight is 569 g/mol. The monoisotopic (exact) mass is 567 g/mol. The molecule has 0 radical (unpaired) electrons. The molecular formula is C27H23BrClN3O4. The van der Waals surface area contributed by atoms with Gasteiger partial charge in [0, 0.05) is 43.8 Å². The number of carbonyl (C=O) groups excluding carboxylic acids is 1. The summed E-state index contributed by atoms with van der Waals surface area (Å²) >= 11 is 9.57. The first kappa shape index (κ1) is 23.5. The van der Waals surface area contributed by atoms with E-state index in [9.17, 15) is 14.9 Å². The van der Waals surface area contributed by atoms with Crippen LogP contribution in [0.4, 0.5) is 5.69 Å². The smallest absolute Gasteiger partial charge is 0.256 e. The summed E-state index contributed by atoms with van der Waals surface area (Å²) in [5.41, 5.74) is 1.65. The molecule has 0 saturated carbocycles. The van der Waals surface area contributed by atoms with Gasteiger partial charge in [-0.05, 0) is 54.8 Å². The lowest BCUT2D eigenvalue weighted by atomic mass is 9.77. The summed E-state index contributed by atoms with van der Waals surface area (Å²) < 4.78 is 7.05. The van der Waals surface area contributed by atoms with E-state index in [0.717, 1.165) is 28.4 Å². The zero-order chi connectivity index (χ0) is 25.0. The van der Waals surface area contributed by atoms with E-state index in [1.807, 2.05) is 54.6 Å². The van der Waals surface area contributed by atoms with Crippen LogP contribution in [0, 0.1) is 10.1 Å². The van der Waals surface area contributed by atoms with Crippen molar-refractivity contribution in [2.75, 3.05) is 11.9 Å². The molecule has 4 atom stereocenters. The molecule has 3 heterocycles. The second-order valence-corrected chi connectivity index (χ2v) is 10.9. The molecule has 0 aliphatic carbocycles. The number of hydrogen-bond donors (Lipinski definition) is 1. The Morgan fingerprint density at radius 1 is 1.17 bits per heavy atom. The van der Waals surface area contributed by atoms with Gasteiger partial charge in [-0.25, -0.2) is 0 Å². The van der Waals surface area contributed by atoms with Gasteiger partial charge in [-0.1, -0.05) is 57.9 Å². The van der Waals surface area contributed by atoms with Gasteiger partial charge in [0.25, 0.3) is 11.9 Å². The third-order valence-corrected chi connectivity index (χ3v) is 8.48. The van der Waals surface area contributed by atoms with E-state index in [0.29, 0.717) is 35.2 Å². The van der Waals surface area contributed by atoms with Crippen molar-refractivity contribution in [1.82, 2.24) is 4.90 Å². The van der Waals surface area contributed by atoms with Crippen molar-refractivity contribution in [2.24, 2.45) is 0 Å². The van der Waals surface area contributed by atoms with Crippen LogP contribution in [0.1, 0.15) is 35.4 Å². The number of anilines is 1. The van der Waals surface area contributed by atoms with Crippen molar-refractivity contribution in [3.63, 3.8) is 0 Å². The molecule has 3 aromatic carbocycles. The second kappa shape index (κ2) is 8.87. The maximum atomic E-state index is 13.7. The van der Waals surface area contributed by atoms with E-state index in [4.69, 9.17) is 16.3 Å². The van der Waals surface area contributed by atoms with Crippen LogP contribution in [0.2, 0.25) is 5.02 Å². The van der Waals surface area contributed by atoms with Gasteiger partial charge in [0.05, 0.1) is 5.92 Å². The van der Waals surface area contributed by atoms with E-state index in [-0.39, 0.29) is 16.9 Å². The summed E-state index contributed by atoms with van der Waals surface area (Å²) in [7, 11) is 0. The fraction of sp³-hybridized carbons (Fsp3) is 0.296. The van der Waals surface area contributed by atoms with Crippen LogP contribution >= 0.6 is 27.5 Å². The van der Waals surface area contributed by atoms with Gasteiger partial charge in [-0.15, -0.1) is 0 Å². The molecular weight excluding hydrogens is 546 g/mol. The van der Waals surface area contributed by atoms with Crippen molar-refractivity contribution in [3.8, 4) is 5.75 Å². The Hall–Kier alpha value is -2.94. The quantitative estimate of drug-likeness (QED) is 0.314. The highest BCUT2D eigenvalue weighted by Crippen LogP contribution is 2.59. The maximum absolute atomic E-state index is 13.7. The van der Waals surface area contributed by atoms with Gasteiger partial charge in [0.2, 0.25) is 0 Å². The standard InChI is InChI=1S/C27H23BrClN3O4/c28-17-9-12-23(36-15-16-7-10-18(29)11-8-16)19(14-17)24-22-6-3-13-31(22)27(25(24)32(34)35)20-4-1-2-5-21(20)30-26(27)33/h1-2,4-5,7-12,14,22,24-25H,3,6,13,15H2,(H,30,33)/t22-,24-,25-,27+/m1/s1. The molecule has 6 rings (SSSR count). The number of benzene rings is 3. The molecule has 1 amide bonds. The van der Waals surface area contributed by atoms with Gasteiger partial charge in [0.15, 0.2) is 5.54 Å². The van der Waals surface area contributed by atoms with Gasteiger partial charge in [0.1, 0.15) is 12.4 Å². The van der Waals surface area contributed by atoms with Crippen LogP contribution in [-0.2, 0) is 16.9 Å². The van der Waals surface area contributed by atoms with Crippen molar-refractivity contribution >= 4 is 39.1 Å².